The van der Waals surface area contributed by atoms with Crippen molar-refractivity contribution in [2.24, 2.45) is 0 Å². The predicted octanol–water partition coefficient (Wildman–Crippen LogP) is 2.81. The minimum Gasteiger partial charge on any atom is -0.384 e. The van der Waals surface area contributed by atoms with Gasteiger partial charge in [-0.1, -0.05) is 6.07 Å². The van der Waals surface area contributed by atoms with Crippen molar-refractivity contribution in [1.82, 2.24) is 4.90 Å². The number of benzene rings is 1. The third-order valence-corrected chi connectivity index (χ3v) is 3.18. The monoisotopic (exact) mass is 218 g/mol. The van der Waals surface area contributed by atoms with E-state index in [1.54, 1.807) is 0 Å². The second-order valence-corrected chi connectivity index (χ2v) is 4.85. The summed E-state index contributed by atoms with van der Waals surface area (Å²) in [7, 11) is 0. The van der Waals surface area contributed by atoms with Crippen LogP contribution in [0.1, 0.15) is 24.0 Å². The van der Waals surface area contributed by atoms with Crippen LogP contribution in [-0.4, -0.2) is 31.1 Å². The Bertz CT molecular complexity index is 320. The Morgan fingerprint density at radius 1 is 1.06 bits per heavy atom. The highest BCUT2D eigenvalue weighted by molar-refractivity contribution is 5.48. The number of nitrogens with zero attached hydrogens (tertiary/aromatic N) is 1. The molecule has 1 saturated heterocycles. The van der Waals surface area contributed by atoms with Gasteiger partial charge in [-0.05, 0) is 63.0 Å². The molecule has 16 heavy (non-hydrogen) atoms. The second kappa shape index (κ2) is 5.35. The van der Waals surface area contributed by atoms with Crippen LogP contribution in [0.2, 0.25) is 0 Å². The molecule has 0 amide bonds. The van der Waals surface area contributed by atoms with Crippen LogP contribution >= 0.6 is 0 Å². The quantitative estimate of drug-likeness (QED) is 0.836. The molecule has 0 saturated carbocycles. The van der Waals surface area contributed by atoms with Crippen LogP contribution in [-0.2, 0) is 0 Å². The van der Waals surface area contributed by atoms with Crippen molar-refractivity contribution in [3.8, 4) is 0 Å². The fraction of sp³-hybridized carbons (Fsp3) is 0.571. The summed E-state index contributed by atoms with van der Waals surface area (Å²) in [4.78, 5) is 2.54. The standard InChI is InChI=1S/C14H22N2/c1-12-9-13(2)11-14(10-12)15-5-8-16-6-3-4-7-16/h9-11,15H,3-8H2,1-2H3. The first-order valence-corrected chi connectivity index (χ1v) is 6.28. The van der Waals surface area contributed by atoms with Gasteiger partial charge >= 0.3 is 0 Å². The topological polar surface area (TPSA) is 15.3 Å². The van der Waals surface area contributed by atoms with Crippen LogP contribution in [0.5, 0.6) is 0 Å². The largest absolute Gasteiger partial charge is 0.384 e. The summed E-state index contributed by atoms with van der Waals surface area (Å²) in [6.45, 7) is 9.11. The van der Waals surface area contributed by atoms with Crippen molar-refractivity contribution >= 4 is 5.69 Å². The van der Waals surface area contributed by atoms with E-state index in [2.05, 4.69) is 42.3 Å². The van der Waals surface area contributed by atoms with Crippen molar-refractivity contribution < 1.29 is 0 Å². The summed E-state index contributed by atoms with van der Waals surface area (Å²) in [6.07, 6.45) is 2.76. The maximum atomic E-state index is 3.51. The van der Waals surface area contributed by atoms with E-state index >= 15 is 0 Å². The zero-order valence-corrected chi connectivity index (χ0v) is 10.4. The maximum Gasteiger partial charge on any atom is 0.0345 e. The predicted molar refractivity (Wildman–Crippen MR) is 70.1 cm³/mol. The van der Waals surface area contributed by atoms with E-state index < -0.39 is 0 Å². The molecule has 2 heteroatoms. The number of aryl methyl sites for hydroxylation is 2. The van der Waals surface area contributed by atoms with E-state index in [4.69, 9.17) is 0 Å². The molecule has 0 aliphatic carbocycles. The molecule has 1 aliphatic rings. The molecule has 0 spiro atoms. The molecule has 88 valence electrons. The molecule has 1 fully saturated rings. The fourth-order valence-corrected chi connectivity index (χ4v) is 2.44. The van der Waals surface area contributed by atoms with Gasteiger partial charge in [-0.15, -0.1) is 0 Å². The number of anilines is 1. The van der Waals surface area contributed by atoms with Crippen molar-refractivity contribution in [3.05, 3.63) is 29.3 Å². The van der Waals surface area contributed by atoms with Gasteiger partial charge in [0, 0.05) is 18.8 Å². The van der Waals surface area contributed by atoms with Crippen LogP contribution in [0.3, 0.4) is 0 Å². The average Bonchev–Trinajstić information content (AvgIpc) is 2.69. The molecule has 0 atom stereocenters. The number of rotatable bonds is 4. The van der Waals surface area contributed by atoms with Crippen molar-refractivity contribution in [3.63, 3.8) is 0 Å². The fourth-order valence-electron chi connectivity index (χ4n) is 2.44. The zero-order valence-electron chi connectivity index (χ0n) is 10.4. The van der Waals surface area contributed by atoms with E-state index in [-0.39, 0.29) is 0 Å². The molecule has 1 aromatic rings. The van der Waals surface area contributed by atoms with Crippen molar-refractivity contribution in [2.45, 2.75) is 26.7 Å². The first-order valence-electron chi connectivity index (χ1n) is 6.28. The summed E-state index contributed by atoms with van der Waals surface area (Å²) in [5.74, 6) is 0. The maximum absolute atomic E-state index is 3.51. The van der Waals surface area contributed by atoms with E-state index in [0.717, 1.165) is 6.54 Å². The lowest BCUT2D eigenvalue weighted by atomic mass is 10.1. The molecule has 0 radical (unpaired) electrons. The van der Waals surface area contributed by atoms with Gasteiger partial charge in [0.2, 0.25) is 0 Å². The highest BCUT2D eigenvalue weighted by Crippen LogP contribution is 2.13. The normalized spacial score (nSPS) is 16.6. The summed E-state index contributed by atoms with van der Waals surface area (Å²) in [5.41, 5.74) is 3.93. The Morgan fingerprint density at radius 3 is 2.31 bits per heavy atom. The number of likely N-dealkylation sites (tertiary alicyclic amines) is 1. The molecule has 0 aromatic heterocycles. The molecule has 1 heterocycles. The van der Waals surface area contributed by atoms with E-state index in [1.807, 2.05) is 0 Å². The number of hydrogen-bond donors (Lipinski definition) is 1. The first-order chi connectivity index (χ1) is 7.74. The third kappa shape index (κ3) is 3.24. The molecular formula is C14H22N2. The number of hydrogen-bond acceptors (Lipinski definition) is 2. The van der Waals surface area contributed by atoms with E-state index in [9.17, 15) is 0 Å². The summed E-state index contributed by atoms with van der Waals surface area (Å²) in [6, 6.07) is 6.65. The molecule has 2 nitrogen and oxygen atoms in total. The Balaban J connectivity index is 1.80. The van der Waals surface area contributed by atoms with Gasteiger partial charge in [-0.3, -0.25) is 0 Å². The molecule has 0 unspecified atom stereocenters. The molecular weight excluding hydrogens is 196 g/mol. The van der Waals surface area contributed by atoms with Crippen LogP contribution in [0.4, 0.5) is 5.69 Å². The Morgan fingerprint density at radius 2 is 1.69 bits per heavy atom. The second-order valence-electron chi connectivity index (χ2n) is 4.85. The van der Waals surface area contributed by atoms with Crippen LogP contribution in [0, 0.1) is 13.8 Å². The minimum atomic E-state index is 1.06. The highest BCUT2D eigenvalue weighted by Gasteiger charge is 2.09. The smallest absolute Gasteiger partial charge is 0.0345 e. The van der Waals surface area contributed by atoms with Gasteiger partial charge in [0.25, 0.3) is 0 Å². The third-order valence-electron chi connectivity index (χ3n) is 3.18. The van der Waals surface area contributed by atoms with Gasteiger partial charge in [0.15, 0.2) is 0 Å². The molecule has 0 bridgehead atoms. The molecule has 1 aromatic carbocycles. The number of nitrogens with one attached hydrogen (secondary N) is 1. The Hall–Kier alpha value is -1.02. The van der Waals surface area contributed by atoms with Crippen LogP contribution in [0.15, 0.2) is 18.2 Å². The lowest BCUT2D eigenvalue weighted by Crippen LogP contribution is -2.25. The molecule has 1 N–H and O–H groups in total. The Labute approximate surface area is 98.7 Å². The van der Waals surface area contributed by atoms with Gasteiger partial charge in [0.05, 0.1) is 0 Å². The summed E-state index contributed by atoms with van der Waals surface area (Å²) >= 11 is 0. The first kappa shape index (κ1) is 11.5. The minimum absolute atomic E-state index is 1.06. The zero-order chi connectivity index (χ0) is 11.4. The SMILES string of the molecule is Cc1cc(C)cc(NCCN2CCCC2)c1. The van der Waals surface area contributed by atoms with Crippen molar-refractivity contribution in [2.75, 3.05) is 31.5 Å². The van der Waals surface area contributed by atoms with E-state index in [0.29, 0.717) is 0 Å². The lowest BCUT2D eigenvalue weighted by molar-refractivity contribution is 0.352. The molecule has 1 aliphatic heterocycles. The highest BCUT2D eigenvalue weighted by atomic mass is 15.1. The Kier molecular flexibility index (Phi) is 3.83. The lowest BCUT2D eigenvalue weighted by Gasteiger charge is -2.15. The molecule has 2 rings (SSSR count). The van der Waals surface area contributed by atoms with Gasteiger partial charge in [0.1, 0.15) is 0 Å². The van der Waals surface area contributed by atoms with Crippen molar-refractivity contribution in [1.29, 1.82) is 0 Å². The average molecular weight is 218 g/mol. The van der Waals surface area contributed by atoms with Gasteiger partial charge in [-0.25, -0.2) is 0 Å². The van der Waals surface area contributed by atoms with Gasteiger partial charge < -0.3 is 10.2 Å². The van der Waals surface area contributed by atoms with E-state index in [1.165, 1.54) is 49.3 Å². The summed E-state index contributed by atoms with van der Waals surface area (Å²) in [5, 5.41) is 3.51. The van der Waals surface area contributed by atoms with Crippen LogP contribution in [0.25, 0.3) is 0 Å². The van der Waals surface area contributed by atoms with Crippen LogP contribution < -0.4 is 5.32 Å². The van der Waals surface area contributed by atoms with Gasteiger partial charge in [-0.2, -0.15) is 0 Å². The summed E-state index contributed by atoms with van der Waals surface area (Å²) < 4.78 is 0.